The lowest BCUT2D eigenvalue weighted by atomic mass is 10.0. The third-order valence-corrected chi connectivity index (χ3v) is 7.89. The molecular formula is C14H23OSi. The highest BCUT2D eigenvalue weighted by molar-refractivity contribution is 6.74. The first-order valence-corrected chi connectivity index (χ1v) is 8.74. The molecule has 0 bridgehead atoms. The molecule has 1 aliphatic carbocycles. The van der Waals surface area contributed by atoms with Gasteiger partial charge in [0.1, 0.15) is 0 Å². The molecule has 2 heteroatoms. The van der Waals surface area contributed by atoms with Crippen LogP contribution < -0.4 is 0 Å². The van der Waals surface area contributed by atoms with Crippen LogP contribution in [0.4, 0.5) is 0 Å². The second-order valence-electron chi connectivity index (χ2n) is 5.93. The van der Waals surface area contributed by atoms with E-state index in [4.69, 9.17) is 4.43 Å². The van der Waals surface area contributed by atoms with Crippen molar-refractivity contribution in [3.63, 3.8) is 0 Å². The lowest BCUT2D eigenvalue weighted by molar-refractivity contribution is 0.320. The SMILES string of the molecule is CC1=C=CC=C(CO[Si](C)(C)C(C)(C)C)[CH]1. The molecule has 1 nitrogen and oxygen atoms in total. The summed E-state index contributed by atoms with van der Waals surface area (Å²) in [7, 11) is -1.62. The van der Waals surface area contributed by atoms with Gasteiger partial charge in [-0.3, -0.25) is 0 Å². The van der Waals surface area contributed by atoms with E-state index in [0.29, 0.717) is 0 Å². The highest BCUT2D eigenvalue weighted by Gasteiger charge is 2.37. The lowest BCUT2D eigenvalue weighted by Crippen LogP contribution is -2.41. The van der Waals surface area contributed by atoms with Crippen LogP contribution in [-0.2, 0) is 4.43 Å². The molecule has 0 saturated heterocycles. The molecule has 0 amide bonds. The fourth-order valence-electron chi connectivity index (χ4n) is 1.22. The van der Waals surface area contributed by atoms with Gasteiger partial charge in [-0.2, -0.15) is 0 Å². The van der Waals surface area contributed by atoms with Crippen LogP contribution in [0, 0.1) is 6.42 Å². The summed E-state index contributed by atoms with van der Waals surface area (Å²) in [5.74, 6) is 0. The lowest BCUT2D eigenvalue weighted by Gasteiger charge is -2.36. The summed E-state index contributed by atoms with van der Waals surface area (Å²) in [5.41, 5.74) is 5.58. The summed E-state index contributed by atoms with van der Waals surface area (Å²) in [6.07, 6.45) is 6.20. The number of hydrogen-bond donors (Lipinski definition) is 0. The van der Waals surface area contributed by atoms with Gasteiger partial charge in [-0.15, -0.1) is 5.73 Å². The van der Waals surface area contributed by atoms with Crippen molar-refractivity contribution in [3.05, 3.63) is 35.5 Å². The summed E-state index contributed by atoms with van der Waals surface area (Å²) in [5, 5.41) is 0.281. The van der Waals surface area contributed by atoms with Crippen LogP contribution in [0.1, 0.15) is 27.7 Å². The van der Waals surface area contributed by atoms with Gasteiger partial charge in [0.05, 0.1) is 6.61 Å². The molecule has 0 unspecified atom stereocenters. The van der Waals surface area contributed by atoms with Gasteiger partial charge in [0, 0.05) is 6.42 Å². The minimum Gasteiger partial charge on any atom is -0.413 e. The van der Waals surface area contributed by atoms with E-state index in [1.807, 2.05) is 6.08 Å². The Morgan fingerprint density at radius 3 is 2.44 bits per heavy atom. The van der Waals surface area contributed by atoms with Gasteiger partial charge < -0.3 is 4.43 Å². The molecule has 0 spiro atoms. The van der Waals surface area contributed by atoms with Crippen molar-refractivity contribution in [1.82, 2.24) is 0 Å². The first-order chi connectivity index (χ1) is 7.22. The molecule has 0 atom stereocenters. The molecule has 0 aromatic rings. The van der Waals surface area contributed by atoms with Gasteiger partial charge in [0.25, 0.3) is 0 Å². The minimum atomic E-state index is -1.62. The second kappa shape index (κ2) is 4.75. The van der Waals surface area contributed by atoms with E-state index in [9.17, 15) is 0 Å². The van der Waals surface area contributed by atoms with Gasteiger partial charge in [-0.1, -0.05) is 26.8 Å². The molecule has 0 heterocycles. The molecule has 16 heavy (non-hydrogen) atoms. The van der Waals surface area contributed by atoms with Crippen molar-refractivity contribution in [2.75, 3.05) is 6.61 Å². The monoisotopic (exact) mass is 235 g/mol. The van der Waals surface area contributed by atoms with Crippen molar-refractivity contribution in [2.24, 2.45) is 0 Å². The number of allylic oxidation sites excluding steroid dienone is 2. The van der Waals surface area contributed by atoms with E-state index in [1.165, 1.54) is 11.1 Å². The summed E-state index contributed by atoms with van der Waals surface area (Å²) < 4.78 is 6.16. The molecule has 0 saturated carbocycles. The van der Waals surface area contributed by atoms with Crippen molar-refractivity contribution in [2.45, 2.75) is 45.8 Å². The molecule has 0 aromatic heterocycles. The average molecular weight is 235 g/mol. The Labute approximate surface area is 101 Å². The van der Waals surface area contributed by atoms with E-state index in [0.717, 1.165) is 6.61 Å². The largest absolute Gasteiger partial charge is 0.413 e. The highest BCUT2D eigenvalue weighted by atomic mass is 28.4. The molecular weight excluding hydrogens is 212 g/mol. The Morgan fingerprint density at radius 1 is 1.31 bits per heavy atom. The van der Waals surface area contributed by atoms with Crippen LogP contribution >= 0.6 is 0 Å². The van der Waals surface area contributed by atoms with Crippen LogP contribution in [0.15, 0.2) is 29.0 Å². The van der Waals surface area contributed by atoms with Crippen LogP contribution in [-0.4, -0.2) is 14.9 Å². The first-order valence-electron chi connectivity index (χ1n) is 5.83. The zero-order valence-electron chi connectivity index (χ0n) is 11.3. The Balaban J connectivity index is 2.54. The standard InChI is InChI=1S/C14H23OSi/c1-12-8-7-9-13(10-12)11-15-16(5,6)14(2,3)4/h7,9-10H,11H2,1-6H3. The minimum absolute atomic E-state index is 0.281. The number of rotatable bonds is 3. The average Bonchev–Trinajstić information content (AvgIpc) is 2.13. The molecule has 0 aromatic carbocycles. The zero-order valence-corrected chi connectivity index (χ0v) is 12.3. The van der Waals surface area contributed by atoms with Crippen LogP contribution in [0.2, 0.25) is 18.1 Å². The van der Waals surface area contributed by atoms with E-state index >= 15 is 0 Å². The molecule has 0 N–H and O–H groups in total. The number of hydrogen-bond acceptors (Lipinski definition) is 1. The molecule has 0 aliphatic heterocycles. The van der Waals surface area contributed by atoms with Crippen LogP contribution in [0.5, 0.6) is 0 Å². The third-order valence-electron chi connectivity index (χ3n) is 3.42. The van der Waals surface area contributed by atoms with E-state index < -0.39 is 8.32 Å². The summed E-state index contributed by atoms with van der Waals surface area (Å²) in [6, 6.07) is 0. The predicted octanol–water partition coefficient (Wildman–Crippen LogP) is 4.25. The second-order valence-corrected chi connectivity index (χ2v) is 10.7. The van der Waals surface area contributed by atoms with Crippen LogP contribution in [0.25, 0.3) is 0 Å². The van der Waals surface area contributed by atoms with Crippen molar-refractivity contribution >= 4 is 8.32 Å². The predicted molar refractivity (Wildman–Crippen MR) is 72.8 cm³/mol. The van der Waals surface area contributed by atoms with Crippen molar-refractivity contribution in [3.8, 4) is 0 Å². The topological polar surface area (TPSA) is 9.23 Å². The normalized spacial score (nSPS) is 17.1. The summed E-state index contributed by atoms with van der Waals surface area (Å²) in [4.78, 5) is 0. The Bertz CT molecular complexity index is 349. The van der Waals surface area contributed by atoms with E-state index in [2.05, 4.69) is 59.0 Å². The van der Waals surface area contributed by atoms with Gasteiger partial charge in [-0.05, 0) is 42.3 Å². The van der Waals surface area contributed by atoms with Gasteiger partial charge in [-0.25, -0.2) is 0 Å². The first kappa shape index (κ1) is 13.5. The third kappa shape index (κ3) is 3.48. The zero-order chi connectivity index (χ0) is 12.4. The molecule has 1 radical (unpaired) electrons. The van der Waals surface area contributed by atoms with Crippen molar-refractivity contribution in [1.29, 1.82) is 0 Å². The molecule has 89 valence electrons. The van der Waals surface area contributed by atoms with E-state index in [1.54, 1.807) is 0 Å². The Kier molecular flexibility index (Phi) is 4.00. The fourth-order valence-corrected chi connectivity index (χ4v) is 2.18. The maximum Gasteiger partial charge on any atom is 0.192 e. The van der Waals surface area contributed by atoms with Crippen LogP contribution in [0.3, 0.4) is 0 Å². The van der Waals surface area contributed by atoms with Gasteiger partial charge >= 0.3 is 0 Å². The van der Waals surface area contributed by atoms with Gasteiger partial charge in [0.2, 0.25) is 0 Å². The highest BCUT2D eigenvalue weighted by Crippen LogP contribution is 2.36. The quantitative estimate of drug-likeness (QED) is 0.525. The molecule has 1 rings (SSSR count). The summed E-state index contributed by atoms with van der Waals surface area (Å²) >= 11 is 0. The smallest absolute Gasteiger partial charge is 0.192 e. The maximum absolute atomic E-state index is 6.16. The van der Waals surface area contributed by atoms with Gasteiger partial charge in [0.15, 0.2) is 8.32 Å². The molecule has 1 aliphatic rings. The maximum atomic E-state index is 6.16. The molecule has 0 fully saturated rings. The van der Waals surface area contributed by atoms with E-state index in [-0.39, 0.29) is 5.04 Å². The Hall–Kier alpha value is -0.563. The fraction of sp³-hybridized carbons (Fsp3) is 0.571. The van der Waals surface area contributed by atoms with Crippen molar-refractivity contribution < 1.29 is 4.43 Å². The Morgan fingerprint density at radius 2 is 1.94 bits per heavy atom. The summed E-state index contributed by atoms with van der Waals surface area (Å²) in [6.45, 7) is 14.2.